The standard InChI is InChI=1S/C11H13ClO/c1-3-9-5-8(7-13)6-10(4-2)11(9)12/h5-7H,3-4H2,1-2H3. The fourth-order valence-corrected chi connectivity index (χ4v) is 1.74. The van der Waals surface area contributed by atoms with Gasteiger partial charge in [0.1, 0.15) is 6.29 Å². The Labute approximate surface area is 83.7 Å². The van der Waals surface area contributed by atoms with Crippen molar-refractivity contribution in [2.24, 2.45) is 0 Å². The van der Waals surface area contributed by atoms with E-state index in [4.69, 9.17) is 11.6 Å². The van der Waals surface area contributed by atoms with Gasteiger partial charge in [0.15, 0.2) is 0 Å². The van der Waals surface area contributed by atoms with Gasteiger partial charge in [-0.25, -0.2) is 0 Å². The highest BCUT2D eigenvalue weighted by molar-refractivity contribution is 6.32. The summed E-state index contributed by atoms with van der Waals surface area (Å²) in [7, 11) is 0. The van der Waals surface area contributed by atoms with Crippen LogP contribution < -0.4 is 0 Å². The summed E-state index contributed by atoms with van der Waals surface area (Å²) in [4.78, 5) is 10.6. The highest BCUT2D eigenvalue weighted by Crippen LogP contribution is 2.23. The van der Waals surface area contributed by atoms with E-state index in [-0.39, 0.29) is 0 Å². The molecule has 0 N–H and O–H groups in total. The number of benzene rings is 1. The van der Waals surface area contributed by atoms with Gasteiger partial charge in [0.25, 0.3) is 0 Å². The second-order valence-corrected chi connectivity index (χ2v) is 3.36. The van der Waals surface area contributed by atoms with E-state index < -0.39 is 0 Å². The lowest BCUT2D eigenvalue weighted by atomic mass is 10.0. The van der Waals surface area contributed by atoms with Gasteiger partial charge < -0.3 is 0 Å². The quantitative estimate of drug-likeness (QED) is 0.679. The molecule has 13 heavy (non-hydrogen) atoms. The third-order valence-corrected chi connectivity index (χ3v) is 2.63. The van der Waals surface area contributed by atoms with Crippen LogP contribution in [0.3, 0.4) is 0 Å². The number of carbonyl (C=O) groups is 1. The molecule has 70 valence electrons. The Morgan fingerprint density at radius 1 is 1.23 bits per heavy atom. The highest BCUT2D eigenvalue weighted by atomic mass is 35.5. The van der Waals surface area contributed by atoms with Crippen molar-refractivity contribution in [3.05, 3.63) is 33.8 Å². The van der Waals surface area contributed by atoms with Crippen LogP contribution in [0, 0.1) is 0 Å². The molecule has 1 nitrogen and oxygen atoms in total. The van der Waals surface area contributed by atoms with Crippen molar-refractivity contribution in [1.29, 1.82) is 0 Å². The molecule has 0 fully saturated rings. The maximum atomic E-state index is 10.6. The van der Waals surface area contributed by atoms with Crippen LogP contribution in [0.2, 0.25) is 5.02 Å². The van der Waals surface area contributed by atoms with Crippen LogP contribution in [0.1, 0.15) is 35.3 Å². The first kappa shape index (κ1) is 10.3. The summed E-state index contributed by atoms with van der Waals surface area (Å²) in [5.41, 5.74) is 2.84. The van der Waals surface area contributed by atoms with E-state index in [1.165, 1.54) is 0 Å². The van der Waals surface area contributed by atoms with E-state index in [2.05, 4.69) is 0 Å². The first-order valence-electron chi connectivity index (χ1n) is 4.49. The fraction of sp³-hybridized carbons (Fsp3) is 0.364. The molecule has 0 radical (unpaired) electrons. The van der Waals surface area contributed by atoms with E-state index >= 15 is 0 Å². The molecule has 0 atom stereocenters. The Kier molecular flexibility index (Phi) is 3.49. The summed E-state index contributed by atoms with van der Waals surface area (Å²) in [5.74, 6) is 0. The topological polar surface area (TPSA) is 17.1 Å². The summed E-state index contributed by atoms with van der Waals surface area (Å²) >= 11 is 6.12. The van der Waals surface area contributed by atoms with Crippen LogP contribution in [0.25, 0.3) is 0 Å². The lowest BCUT2D eigenvalue weighted by molar-refractivity contribution is 0.112. The minimum Gasteiger partial charge on any atom is -0.298 e. The molecule has 2 heteroatoms. The average molecular weight is 197 g/mol. The fourth-order valence-electron chi connectivity index (χ4n) is 1.36. The molecule has 0 unspecified atom stereocenters. The van der Waals surface area contributed by atoms with Crippen LogP contribution in [0.15, 0.2) is 12.1 Å². The highest BCUT2D eigenvalue weighted by Gasteiger charge is 2.05. The maximum absolute atomic E-state index is 10.6. The molecule has 0 saturated heterocycles. The second kappa shape index (κ2) is 4.43. The number of hydrogen-bond acceptors (Lipinski definition) is 1. The van der Waals surface area contributed by atoms with Gasteiger partial charge in [-0.1, -0.05) is 25.4 Å². The molecule has 0 spiro atoms. The molecular weight excluding hydrogens is 184 g/mol. The second-order valence-electron chi connectivity index (χ2n) is 2.98. The normalized spacial score (nSPS) is 10.1. The van der Waals surface area contributed by atoms with Crippen LogP contribution >= 0.6 is 11.6 Å². The van der Waals surface area contributed by atoms with Crippen LogP contribution in [0.5, 0.6) is 0 Å². The monoisotopic (exact) mass is 196 g/mol. The molecule has 0 bridgehead atoms. The minimum absolute atomic E-state index is 0.720. The van der Waals surface area contributed by atoms with Crippen molar-refractivity contribution in [3.63, 3.8) is 0 Å². The first-order chi connectivity index (χ1) is 6.22. The molecular formula is C11H13ClO. The van der Waals surface area contributed by atoms with E-state index in [1.54, 1.807) is 0 Å². The molecule has 0 aliphatic heterocycles. The molecule has 1 aromatic rings. The lowest BCUT2D eigenvalue weighted by Gasteiger charge is -2.07. The summed E-state index contributed by atoms with van der Waals surface area (Å²) < 4.78 is 0. The summed E-state index contributed by atoms with van der Waals surface area (Å²) in [6.45, 7) is 4.07. The first-order valence-corrected chi connectivity index (χ1v) is 4.87. The summed E-state index contributed by atoms with van der Waals surface area (Å²) in [6.07, 6.45) is 2.61. The van der Waals surface area contributed by atoms with Crippen molar-refractivity contribution >= 4 is 17.9 Å². The van der Waals surface area contributed by atoms with Gasteiger partial charge in [-0.2, -0.15) is 0 Å². The number of hydrogen-bond donors (Lipinski definition) is 0. The van der Waals surface area contributed by atoms with Crippen LogP contribution in [0.4, 0.5) is 0 Å². The molecule has 0 heterocycles. The number of halogens is 1. The Bertz CT molecular complexity index is 293. The Hall–Kier alpha value is -0.820. The van der Waals surface area contributed by atoms with Crippen molar-refractivity contribution in [1.82, 2.24) is 0 Å². The van der Waals surface area contributed by atoms with E-state index in [1.807, 2.05) is 26.0 Å². The third kappa shape index (κ3) is 2.10. The number of aryl methyl sites for hydroxylation is 2. The molecule has 0 aliphatic carbocycles. The Morgan fingerprint density at radius 2 is 1.69 bits per heavy atom. The van der Waals surface area contributed by atoms with Gasteiger partial charge in [0.2, 0.25) is 0 Å². The third-order valence-electron chi connectivity index (χ3n) is 2.14. The molecule has 0 aromatic heterocycles. The predicted molar refractivity (Wildman–Crippen MR) is 55.6 cm³/mol. The van der Waals surface area contributed by atoms with Crippen LogP contribution in [-0.2, 0) is 12.8 Å². The molecule has 1 rings (SSSR count). The molecule has 0 amide bonds. The van der Waals surface area contributed by atoms with Gasteiger partial charge in [0.05, 0.1) is 0 Å². The summed E-state index contributed by atoms with van der Waals surface area (Å²) in [6, 6.07) is 3.71. The van der Waals surface area contributed by atoms with Crippen molar-refractivity contribution in [2.45, 2.75) is 26.7 Å². The van der Waals surface area contributed by atoms with Gasteiger partial charge in [0, 0.05) is 10.6 Å². The smallest absolute Gasteiger partial charge is 0.150 e. The van der Waals surface area contributed by atoms with Gasteiger partial charge in [-0.15, -0.1) is 0 Å². The van der Waals surface area contributed by atoms with Crippen molar-refractivity contribution < 1.29 is 4.79 Å². The summed E-state index contributed by atoms with van der Waals surface area (Å²) in [5, 5.41) is 0.815. The SMILES string of the molecule is CCc1cc(C=O)cc(CC)c1Cl. The molecule has 0 aliphatic rings. The van der Waals surface area contributed by atoms with Crippen molar-refractivity contribution in [2.75, 3.05) is 0 Å². The number of carbonyl (C=O) groups excluding carboxylic acids is 1. The largest absolute Gasteiger partial charge is 0.298 e. The molecule has 0 saturated carbocycles. The Balaban J connectivity index is 3.28. The average Bonchev–Trinajstić information content (AvgIpc) is 2.18. The van der Waals surface area contributed by atoms with Crippen LogP contribution in [-0.4, -0.2) is 6.29 Å². The van der Waals surface area contributed by atoms with Gasteiger partial charge in [-0.05, 0) is 36.1 Å². The zero-order valence-electron chi connectivity index (χ0n) is 7.93. The van der Waals surface area contributed by atoms with Gasteiger partial charge >= 0.3 is 0 Å². The number of rotatable bonds is 3. The zero-order valence-corrected chi connectivity index (χ0v) is 8.69. The molecule has 1 aromatic carbocycles. The lowest BCUT2D eigenvalue weighted by Crippen LogP contribution is -1.93. The minimum atomic E-state index is 0.720. The Morgan fingerprint density at radius 3 is 2.00 bits per heavy atom. The van der Waals surface area contributed by atoms with Crippen molar-refractivity contribution in [3.8, 4) is 0 Å². The zero-order chi connectivity index (χ0) is 9.84. The van der Waals surface area contributed by atoms with Gasteiger partial charge in [-0.3, -0.25) is 4.79 Å². The van der Waals surface area contributed by atoms with E-state index in [9.17, 15) is 4.79 Å². The van der Waals surface area contributed by atoms with E-state index in [0.717, 1.165) is 40.8 Å². The number of aldehydes is 1. The van der Waals surface area contributed by atoms with E-state index in [0.29, 0.717) is 0 Å². The maximum Gasteiger partial charge on any atom is 0.150 e. The predicted octanol–water partition coefficient (Wildman–Crippen LogP) is 3.28.